The Hall–Kier alpha value is -2.29. The molecule has 0 spiro atoms. The summed E-state index contributed by atoms with van der Waals surface area (Å²) in [5.41, 5.74) is 0.927. The van der Waals surface area contributed by atoms with E-state index in [1.165, 1.54) is 6.08 Å². The Morgan fingerprint density at radius 1 is 1.20 bits per heavy atom. The highest BCUT2D eigenvalue weighted by Crippen LogP contribution is 2.21. The number of aromatic hydroxyl groups is 1. The predicted molar refractivity (Wildman–Crippen MR) is 80.5 cm³/mol. The summed E-state index contributed by atoms with van der Waals surface area (Å²) in [6.07, 6.45) is 5.07. The van der Waals surface area contributed by atoms with Crippen molar-refractivity contribution in [3.05, 3.63) is 48.0 Å². The predicted octanol–water partition coefficient (Wildman–Crippen LogP) is 3.90. The second-order valence-corrected chi connectivity index (χ2v) is 4.65. The van der Waals surface area contributed by atoms with Crippen molar-refractivity contribution in [3.63, 3.8) is 0 Å². The van der Waals surface area contributed by atoms with Gasteiger partial charge in [-0.15, -0.1) is 0 Å². The normalized spacial score (nSPS) is 11.1. The number of unbranched alkanes of at least 4 members (excludes halogenated alkanes) is 1. The van der Waals surface area contributed by atoms with E-state index in [9.17, 15) is 9.90 Å². The molecule has 2 rings (SSSR count). The topological polar surface area (TPSA) is 46.5 Å². The van der Waals surface area contributed by atoms with Gasteiger partial charge in [-0.25, -0.2) is 4.79 Å². The summed E-state index contributed by atoms with van der Waals surface area (Å²) in [4.78, 5) is 11.5. The Morgan fingerprint density at radius 3 is 2.75 bits per heavy atom. The minimum Gasteiger partial charge on any atom is -0.508 e. The molecule has 20 heavy (non-hydrogen) atoms. The second-order valence-electron chi connectivity index (χ2n) is 4.65. The van der Waals surface area contributed by atoms with Crippen molar-refractivity contribution in [1.82, 2.24) is 0 Å². The van der Waals surface area contributed by atoms with E-state index in [0.29, 0.717) is 6.61 Å². The van der Waals surface area contributed by atoms with Gasteiger partial charge in [-0.1, -0.05) is 31.5 Å². The van der Waals surface area contributed by atoms with Gasteiger partial charge in [-0.3, -0.25) is 0 Å². The monoisotopic (exact) mass is 270 g/mol. The molecule has 0 saturated carbocycles. The molecular formula is C17H18O3. The zero-order chi connectivity index (χ0) is 14.4. The lowest BCUT2D eigenvalue weighted by molar-refractivity contribution is -0.137. The Bertz CT molecular complexity index is 629. The highest BCUT2D eigenvalue weighted by Gasteiger charge is 1.98. The maximum absolute atomic E-state index is 11.5. The van der Waals surface area contributed by atoms with Crippen LogP contribution in [0.25, 0.3) is 16.8 Å². The standard InChI is InChI=1S/C17H18O3/c1-2-3-10-20-17(19)9-5-13-4-6-15-12-16(18)8-7-14(15)11-13/h4-9,11-12,18H,2-3,10H2,1H3. The van der Waals surface area contributed by atoms with E-state index >= 15 is 0 Å². The van der Waals surface area contributed by atoms with Crippen LogP contribution in [0.1, 0.15) is 25.3 Å². The Balaban J connectivity index is 2.06. The van der Waals surface area contributed by atoms with Crippen molar-refractivity contribution in [1.29, 1.82) is 0 Å². The molecule has 0 atom stereocenters. The Kier molecular flexibility index (Phi) is 4.77. The van der Waals surface area contributed by atoms with Crippen LogP contribution in [-0.2, 0) is 9.53 Å². The van der Waals surface area contributed by atoms with Crippen LogP contribution in [0.15, 0.2) is 42.5 Å². The molecule has 0 bridgehead atoms. The number of ether oxygens (including phenoxy) is 1. The number of hydrogen-bond donors (Lipinski definition) is 1. The van der Waals surface area contributed by atoms with E-state index in [1.807, 2.05) is 24.3 Å². The third-order valence-electron chi connectivity index (χ3n) is 3.00. The number of hydrogen-bond acceptors (Lipinski definition) is 3. The second kappa shape index (κ2) is 6.75. The molecule has 0 unspecified atom stereocenters. The summed E-state index contributed by atoms with van der Waals surface area (Å²) >= 11 is 0. The summed E-state index contributed by atoms with van der Waals surface area (Å²) in [6, 6.07) is 11.0. The van der Waals surface area contributed by atoms with Crippen molar-refractivity contribution in [2.45, 2.75) is 19.8 Å². The fourth-order valence-corrected chi connectivity index (χ4v) is 1.88. The van der Waals surface area contributed by atoms with E-state index in [4.69, 9.17) is 4.74 Å². The third kappa shape index (κ3) is 3.85. The number of carbonyl (C=O) groups is 1. The Morgan fingerprint density at radius 2 is 1.95 bits per heavy atom. The number of fused-ring (bicyclic) bond motifs is 1. The van der Waals surface area contributed by atoms with Crippen LogP contribution in [0.5, 0.6) is 5.75 Å². The average molecular weight is 270 g/mol. The fourth-order valence-electron chi connectivity index (χ4n) is 1.88. The summed E-state index contributed by atoms with van der Waals surface area (Å²) < 4.78 is 5.05. The van der Waals surface area contributed by atoms with Crippen LogP contribution in [0, 0.1) is 0 Å². The molecular weight excluding hydrogens is 252 g/mol. The number of phenolic OH excluding ortho intramolecular Hbond substituents is 1. The van der Waals surface area contributed by atoms with Crippen molar-refractivity contribution >= 4 is 22.8 Å². The highest BCUT2D eigenvalue weighted by molar-refractivity contribution is 5.90. The summed E-state index contributed by atoms with van der Waals surface area (Å²) in [6.45, 7) is 2.52. The van der Waals surface area contributed by atoms with Crippen molar-refractivity contribution in [3.8, 4) is 5.75 Å². The molecule has 2 aromatic rings. The zero-order valence-corrected chi connectivity index (χ0v) is 11.5. The lowest BCUT2D eigenvalue weighted by atomic mass is 10.1. The number of benzene rings is 2. The molecule has 0 aromatic heterocycles. The van der Waals surface area contributed by atoms with Crippen molar-refractivity contribution in [2.24, 2.45) is 0 Å². The van der Waals surface area contributed by atoms with E-state index in [-0.39, 0.29) is 11.7 Å². The summed E-state index contributed by atoms with van der Waals surface area (Å²) in [7, 11) is 0. The first-order valence-electron chi connectivity index (χ1n) is 6.76. The number of phenols is 1. The van der Waals surface area contributed by atoms with Crippen LogP contribution in [0.3, 0.4) is 0 Å². The lowest BCUT2D eigenvalue weighted by Gasteiger charge is -2.01. The van der Waals surface area contributed by atoms with Crippen LogP contribution >= 0.6 is 0 Å². The Labute approximate surface area is 118 Å². The van der Waals surface area contributed by atoms with Gasteiger partial charge in [-0.2, -0.15) is 0 Å². The molecule has 0 aliphatic rings. The molecule has 0 fully saturated rings. The van der Waals surface area contributed by atoms with Gasteiger partial charge in [0.1, 0.15) is 5.75 Å². The third-order valence-corrected chi connectivity index (χ3v) is 3.00. The molecule has 0 aliphatic heterocycles. The van der Waals surface area contributed by atoms with Crippen molar-refractivity contribution < 1.29 is 14.6 Å². The number of carbonyl (C=O) groups excluding carboxylic acids is 1. The van der Waals surface area contributed by atoms with Gasteiger partial charge in [0.15, 0.2) is 0 Å². The number of esters is 1. The van der Waals surface area contributed by atoms with Crippen LogP contribution in [0.2, 0.25) is 0 Å². The lowest BCUT2D eigenvalue weighted by Crippen LogP contribution is -2.01. The molecule has 3 nitrogen and oxygen atoms in total. The molecule has 0 heterocycles. The van der Waals surface area contributed by atoms with E-state index < -0.39 is 0 Å². The highest BCUT2D eigenvalue weighted by atomic mass is 16.5. The molecule has 0 saturated heterocycles. The van der Waals surface area contributed by atoms with Crippen LogP contribution < -0.4 is 0 Å². The SMILES string of the molecule is CCCCOC(=O)C=Cc1ccc2cc(O)ccc2c1. The molecule has 3 heteroatoms. The molecule has 0 aliphatic carbocycles. The largest absolute Gasteiger partial charge is 0.508 e. The molecule has 0 amide bonds. The number of rotatable bonds is 5. The molecule has 0 radical (unpaired) electrons. The van der Waals surface area contributed by atoms with E-state index in [2.05, 4.69) is 6.92 Å². The average Bonchev–Trinajstić information content (AvgIpc) is 2.45. The van der Waals surface area contributed by atoms with Gasteiger partial charge in [0, 0.05) is 6.08 Å². The summed E-state index contributed by atoms with van der Waals surface area (Å²) in [5.74, 6) is -0.0652. The quantitative estimate of drug-likeness (QED) is 0.509. The van der Waals surface area contributed by atoms with Gasteiger partial charge in [0.05, 0.1) is 6.61 Å². The van der Waals surface area contributed by atoms with Gasteiger partial charge in [0.25, 0.3) is 0 Å². The minimum absolute atomic E-state index is 0.250. The van der Waals surface area contributed by atoms with Crippen molar-refractivity contribution in [2.75, 3.05) is 6.61 Å². The van der Waals surface area contributed by atoms with E-state index in [1.54, 1.807) is 18.2 Å². The van der Waals surface area contributed by atoms with Gasteiger partial charge in [0.2, 0.25) is 0 Å². The van der Waals surface area contributed by atoms with Gasteiger partial charge < -0.3 is 9.84 Å². The fraction of sp³-hybridized carbons (Fsp3) is 0.235. The summed E-state index contributed by atoms with van der Waals surface area (Å²) in [5, 5.41) is 11.4. The smallest absolute Gasteiger partial charge is 0.330 e. The maximum Gasteiger partial charge on any atom is 0.330 e. The first-order valence-corrected chi connectivity index (χ1v) is 6.76. The molecule has 2 aromatic carbocycles. The van der Waals surface area contributed by atoms with Crippen LogP contribution in [-0.4, -0.2) is 17.7 Å². The zero-order valence-electron chi connectivity index (χ0n) is 11.5. The molecule has 104 valence electrons. The first kappa shape index (κ1) is 14.1. The molecule has 1 N–H and O–H groups in total. The maximum atomic E-state index is 11.5. The van der Waals surface area contributed by atoms with Gasteiger partial charge in [-0.05, 0) is 47.0 Å². The first-order chi connectivity index (χ1) is 9.69. The van der Waals surface area contributed by atoms with Gasteiger partial charge >= 0.3 is 5.97 Å². The van der Waals surface area contributed by atoms with Crippen LogP contribution in [0.4, 0.5) is 0 Å². The van der Waals surface area contributed by atoms with E-state index in [0.717, 1.165) is 29.2 Å². The minimum atomic E-state index is -0.316.